The van der Waals surface area contributed by atoms with Gasteiger partial charge in [0.25, 0.3) is 0 Å². The zero-order valence-electron chi connectivity index (χ0n) is 9.10. The highest BCUT2D eigenvalue weighted by atomic mass is 19.4. The van der Waals surface area contributed by atoms with E-state index in [1.165, 1.54) is 4.90 Å². The molecule has 16 heavy (non-hydrogen) atoms. The Balaban J connectivity index is 2.79. The summed E-state index contributed by atoms with van der Waals surface area (Å²) in [6, 6.07) is 0. The summed E-state index contributed by atoms with van der Waals surface area (Å²) in [6.07, 6.45) is -4.40. The summed E-state index contributed by atoms with van der Waals surface area (Å²) in [5, 5.41) is 7.15. The van der Waals surface area contributed by atoms with Crippen LogP contribution in [-0.4, -0.2) is 43.3 Å². The minimum Gasteiger partial charge on any atom is -0.381 e. The molecule has 1 heterocycles. The highest BCUT2D eigenvalue weighted by Gasteiger charge is 2.58. The largest absolute Gasteiger partial charge is 0.398 e. The number of alkyl halides is 3. The number of nitrogens with zero attached hydrogens (tertiary/aromatic N) is 1. The number of nitrogens with one attached hydrogen (secondary N) is 1. The SMILES string of the molecule is CCOC[C@]1(C(F)(F)F)CCN(C(=N)N)C1. The van der Waals surface area contributed by atoms with Crippen LogP contribution in [0.3, 0.4) is 0 Å². The van der Waals surface area contributed by atoms with Gasteiger partial charge in [0, 0.05) is 19.7 Å². The van der Waals surface area contributed by atoms with Crippen LogP contribution in [0.4, 0.5) is 13.2 Å². The van der Waals surface area contributed by atoms with E-state index in [9.17, 15) is 13.2 Å². The Kier molecular flexibility index (Phi) is 3.67. The monoisotopic (exact) mass is 239 g/mol. The lowest BCUT2D eigenvalue weighted by atomic mass is 9.87. The molecule has 0 saturated carbocycles. The van der Waals surface area contributed by atoms with Crippen molar-refractivity contribution in [2.75, 3.05) is 26.3 Å². The van der Waals surface area contributed by atoms with Crippen LogP contribution in [0, 0.1) is 10.8 Å². The van der Waals surface area contributed by atoms with Crippen molar-refractivity contribution in [2.45, 2.75) is 19.5 Å². The van der Waals surface area contributed by atoms with Gasteiger partial charge in [0.15, 0.2) is 5.96 Å². The Morgan fingerprint density at radius 3 is 2.56 bits per heavy atom. The first-order valence-corrected chi connectivity index (χ1v) is 5.06. The average molecular weight is 239 g/mol. The van der Waals surface area contributed by atoms with Gasteiger partial charge in [-0.25, -0.2) is 0 Å². The molecule has 0 bridgehead atoms. The number of rotatable bonds is 3. The minimum atomic E-state index is -4.33. The number of guanidine groups is 1. The number of hydrogen-bond acceptors (Lipinski definition) is 2. The van der Waals surface area contributed by atoms with Gasteiger partial charge >= 0.3 is 6.18 Å². The van der Waals surface area contributed by atoms with E-state index in [4.69, 9.17) is 15.9 Å². The van der Waals surface area contributed by atoms with Gasteiger partial charge < -0.3 is 15.4 Å². The maximum atomic E-state index is 13.0. The first-order valence-electron chi connectivity index (χ1n) is 5.06. The van der Waals surface area contributed by atoms with E-state index in [-0.39, 0.29) is 38.7 Å². The second kappa shape index (κ2) is 4.48. The van der Waals surface area contributed by atoms with Crippen molar-refractivity contribution in [2.24, 2.45) is 11.1 Å². The lowest BCUT2D eigenvalue weighted by molar-refractivity contribution is -0.234. The summed E-state index contributed by atoms with van der Waals surface area (Å²) in [6.45, 7) is 1.41. The van der Waals surface area contributed by atoms with Crippen LogP contribution in [0.5, 0.6) is 0 Å². The minimum absolute atomic E-state index is 0.0733. The highest BCUT2D eigenvalue weighted by molar-refractivity contribution is 5.75. The molecule has 3 N–H and O–H groups in total. The van der Waals surface area contributed by atoms with E-state index in [2.05, 4.69) is 0 Å². The topological polar surface area (TPSA) is 62.3 Å². The molecular weight excluding hydrogens is 223 g/mol. The summed E-state index contributed by atoms with van der Waals surface area (Å²) in [5.41, 5.74) is 3.31. The Labute approximate surface area is 92.0 Å². The van der Waals surface area contributed by atoms with E-state index >= 15 is 0 Å². The third-order valence-electron chi connectivity index (χ3n) is 2.88. The molecule has 1 aliphatic rings. The lowest BCUT2D eigenvalue weighted by Gasteiger charge is -2.31. The van der Waals surface area contributed by atoms with Gasteiger partial charge in [-0.05, 0) is 13.3 Å². The summed E-state index contributed by atoms with van der Waals surface area (Å²) in [5.74, 6) is -0.317. The molecule has 1 saturated heterocycles. The Morgan fingerprint density at radius 1 is 1.56 bits per heavy atom. The quantitative estimate of drug-likeness (QED) is 0.574. The zero-order valence-corrected chi connectivity index (χ0v) is 9.10. The summed E-state index contributed by atoms with van der Waals surface area (Å²) in [4.78, 5) is 1.23. The van der Waals surface area contributed by atoms with Crippen molar-refractivity contribution in [3.05, 3.63) is 0 Å². The fourth-order valence-electron chi connectivity index (χ4n) is 1.81. The van der Waals surface area contributed by atoms with E-state index in [1.807, 2.05) is 0 Å². The zero-order chi connectivity index (χ0) is 12.4. The first-order chi connectivity index (χ1) is 7.32. The van der Waals surface area contributed by atoms with Crippen LogP contribution in [0.1, 0.15) is 13.3 Å². The number of nitrogens with two attached hydrogens (primary N) is 1. The normalized spacial score (nSPS) is 26.1. The number of halogens is 3. The van der Waals surface area contributed by atoms with Gasteiger partial charge in [-0.2, -0.15) is 13.2 Å². The smallest absolute Gasteiger partial charge is 0.381 e. The van der Waals surface area contributed by atoms with E-state index in [1.54, 1.807) is 6.92 Å². The molecule has 0 unspecified atom stereocenters. The summed E-state index contributed by atoms with van der Waals surface area (Å²) >= 11 is 0. The van der Waals surface area contributed by atoms with Crippen LogP contribution in [-0.2, 0) is 4.74 Å². The Hall–Kier alpha value is -0.980. The highest BCUT2D eigenvalue weighted by Crippen LogP contribution is 2.45. The summed E-state index contributed by atoms with van der Waals surface area (Å²) in [7, 11) is 0. The molecule has 0 spiro atoms. The predicted octanol–water partition coefficient (Wildman–Crippen LogP) is 1.17. The molecule has 94 valence electrons. The molecule has 4 nitrogen and oxygen atoms in total. The second-order valence-corrected chi connectivity index (χ2v) is 3.97. The van der Waals surface area contributed by atoms with Crippen molar-refractivity contribution >= 4 is 5.96 Å². The predicted molar refractivity (Wildman–Crippen MR) is 53.1 cm³/mol. The molecule has 0 aromatic carbocycles. The molecule has 1 atom stereocenters. The average Bonchev–Trinajstić information content (AvgIpc) is 2.59. The van der Waals surface area contributed by atoms with E-state index in [0.717, 1.165) is 0 Å². The van der Waals surface area contributed by atoms with Crippen molar-refractivity contribution in [1.29, 1.82) is 5.41 Å². The van der Waals surface area contributed by atoms with Crippen LogP contribution >= 0.6 is 0 Å². The third-order valence-corrected chi connectivity index (χ3v) is 2.88. The maximum Gasteiger partial charge on any atom is 0.398 e. The molecule has 0 aliphatic carbocycles. The van der Waals surface area contributed by atoms with Crippen LogP contribution in [0.2, 0.25) is 0 Å². The van der Waals surface area contributed by atoms with Gasteiger partial charge in [-0.3, -0.25) is 5.41 Å². The lowest BCUT2D eigenvalue weighted by Crippen LogP contribution is -2.46. The fraction of sp³-hybridized carbons (Fsp3) is 0.889. The van der Waals surface area contributed by atoms with E-state index in [0.29, 0.717) is 0 Å². The second-order valence-electron chi connectivity index (χ2n) is 3.97. The van der Waals surface area contributed by atoms with Gasteiger partial charge in [0.1, 0.15) is 5.41 Å². The Bertz CT molecular complexity index is 269. The maximum absolute atomic E-state index is 13.0. The number of ether oxygens (including phenoxy) is 1. The molecule has 1 fully saturated rings. The van der Waals surface area contributed by atoms with Gasteiger partial charge in [-0.1, -0.05) is 0 Å². The standard InChI is InChI=1S/C9H16F3N3O/c1-2-16-6-8(9(10,11)12)3-4-15(5-8)7(13)14/h2-6H2,1H3,(H3,13,14)/t8-/m0/s1. The number of likely N-dealkylation sites (tertiary alicyclic amines) is 1. The van der Waals surface area contributed by atoms with Gasteiger partial charge in [0.2, 0.25) is 0 Å². The van der Waals surface area contributed by atoms with Crippen molar-refractivity contribution in [3.63, 3.8) is 0 Å². The van der Waals surface area contributed by atoms with Crippen molar-refractivity contribution in [1.82, 2.24) is 4.90 Å². The van der Waals surface area contributed by atoms with Crippen molar-refractivity contribution in [3.8, 4) is 0 Å². The number of hydrogen-bond donors (Lipinski definition) is 2. The molecular formula is C9H16F3N3O. The van der Waals surface area contributed by atoms with Crippen LogP contribution < -0.4 is 5.73 Å². The van der Waals surface area contributed by atoms with Crippen LogP contribution in [0.15, 0.2) is 0 Å². The van der Waals surface area contributed by atoms with Gasteiger partial charge in [0.05, 0.1) is 6.61 Å². The first kappa shape index (κ1) is 13.1. The van der Waals surface area contributed by atoms with Gasteiger partial charge in [-0.15, -0.1) is 0 Å². The van der Waals surface area contributed by atoms with Crippen molar-refractivity contribution < 1.29 is 17.9 Å². The molecule has 0 radical (unpaired) electrons. The molecule has 1 rings (SSSR count). The Morgan fingerprint density at radius 2 is 2.19 bits per heavy atom. The molecule has 1 aliphatic heterocycles. The molecule has 0 aromatic heterocycles. The molecule has 0 amide bonds. The van der Waals surface area contributed by atoms with Crippen LogP contribution in [0.25, 0.3) is 0 Å². The summed E-state index contributed by atoms with van der Waals surface area (Å²) < 4.78 is 43.8. The molecule has 0 aromatic rings. The van der Waals surface area contributed by atoms with E-state index < -0.39 is 11.6 Å². The third kappa shape index (κ3) is 2.40. The molecule has 7 heteroatoms. The fourth-order valence-corrected chi connectivity index (χ4v) is 1.81.